The third-order valence-electron chi connectivity index (χ3n) is 4.87. The molecule has 0 radical (unpaired) electrons. The number of benzene rings is 5. The van der Waals surface area contributed by atoms with Crippen LogP contribution in [0.2, 0.25) is 0 Å². The lowest BCUT2D eigenvalue weighted by Gasteiger charge is -2.11. The first-order valence-electron chi connectivity index (χ1n) is 10.9. The number of rotatable bonds is 8. The van der Waals surface area contributed by atoms with Crippen LogP contribution < -0.4 is 0 Å². The normalized spacial score (nSPS) is 10.8. The lowest BCUT2D eigenvalue weighted by molar-refractivity contribution is 1.22. The first-order chi connectivity index (χ1) is 16.8. The first kappa shape index (κ1) is 23.3. The van der Waals surface area contributed by atoms with E-state index in [2.05, 4.69) is 133 Å². The van der Waals surface area contributed by atoms with Gasteiger partial charge in [0.25, 0.3) is 0 Å². The molecule has 0 amide bonds. The van der Waals surface area contributed by atoms with E-state index in [-0.39, 0.29) is 0 Å². The molecule has 0 bridgehead atoms. The van der Waals surface area contributed by atoms with Crippen LogP contribution in [0, 0.1) is 0 Å². The maximum absolute atomic E-state index is 2.28. The SMILES string of the molecule is c1ccc(Sc2cccc(Sc3ccccc3Sc3cccc(Sc4ccccc4)c3)c2)cc1. The molecule has 34 heavy (non-hydrogen) atoms. The summed E-state index contributed by atoms with van der Waals surface area (Å²) in [5.74, 6) is 0. The van der Waals surface area contributed by atoms with Crippen LogP contribution in [0.25, 0.3) is 0 Å². The average Bonchev–Trinajstić information content (AvgIpc) is 2.87. The van der Waals surface area contributed by atoms with E-state index in [1.807, 2.05) is 23.5 Å². The van der Waals surface area contributed by atoms with Gasteiger partial charge in [-0.1, -0.05) is 108 Å². The maximum atomic E-state index is 2.28. The first-order valence-corrected chi connectivity index (χ1v) is 14.2. The minimum absolute atomic E-state index is 1.25. The highest BCUT2D eigenvalue weighted by Crippen LogP contribution is 2.41. The Balaban J connectivity index is 1.32. The second-order valence-electron chi connectivity index (χ2n) is 7.43. The van der Waals surface area contributed by atoms with Crippen molar-refractivity contribution in [1.29, 1.82) is 0 Å². The molecule has 0 aliphatic carbocycles. The van der Waals surface area contributed by atoms with Crippen LogP contribution in [0.4, 0.5) is 0 Å². The largest absolute Gasteiger partial charge is 0.0901 e. The Morgan fingerprint density at radius 3 is 1.00 bits per heavy atom. The summed E-state index contributed by atoms with van der Waals surface area (Å²) >= 11 is 7.25. The molecule has 5 aromatic carbocycles. The van der Waals surface area contributed by atoms with E-state index in [1.54, 1.807) is 23.5 Å². The summed E-state index contributed by atoms with van der Waals surface area (Å²) in [6, 6.07) is 47.3. The van der Waals surface area contributed by atoms with E-state index in [0.29, 0.717) is 0 Å². The Hall–Kier alpha value is -2.50. The van der Waals surface area contributed by atoms with Crippen molar-refractivity contribution >= 4 is 47.0 Å². The smallest absolute Gasteiger partial charge is 0.0262 e. The van der Waals surface area contributed by atoms with Gasteiger partial charge in [-0.15, -0.1) is 0 Å². The van der Waals surface area contributed by atoms with Gasteiger partial charge in [0.2, 0.25) is 0 Å². The van der Waals surface area contributed by atoms with Crippen molar-refractivity contribution < 1.29 is 0 Å². The Labute approximate surface area is 218 Å². The van der Waals surface area contributed by atoms with Crippen LogP contribution >= 0.6 is 47.0 Å². The van der Waals surface area contributed by atoms with Gasteiger partial charge >= 0.3 is 0 Å². The van der Waals surface area contributed by atoms with Gasteiger partial charge in [0.05, 0.1) is 0 Å². The molecule has 166 valence electrons. The molecule has 0 heterocycles. The molecule has 5 rings (SSSR count). The monoisotopic (exact) mass is 510 g/mol. The molecule has 0 aromatic heterocycles. The van der Waals surface area contributed by atoms with Crippen molar-refractivity contribution in [2.45, 2.75) is 39.2 Å². The zero-order valence-electron chi connectivity index (χ0n) is 18.3. The van der Waals surface area contributed by atoms with Gasteiger partial charge in [-0.2, -0.15) is 0 Å². The molecule has 0 unspecified atom stereocenters. The zero-order valence-corrected chi connectivity index (χ0v) is 21.6. The minimum Gasteiger partial charge on any atom is -0.0901 e. The molecule has 5 aromatic rings. The molecule has 0 spiro atoms. The zero-order chi connectivity index (χ0) is 23.0. The molecule has 0 fully saturated rings. The molecule has 0 saturated heterocycles. The van der Waals surface area contributed by atoms with Crippen molar-refractivity contribution in [1.82, 2.24) is 0 Å². The summed E-state index contributed by atoms with van der Waals surface area (Å²) in [6.45, 7) is 0. The minimum atomic E-state index is 1.25. The molecule has 0 aliphatic heterocycles. The van der Waals surface area contributed by atoms with E-state index in [1.165, 1.54) is 39.2 Å². The van der Waals surface area contributed by atoms with Gasteiger partial charge < -0.3 is 0 Å². The predicted octanol–water partition coefficient (Wildman–Crippen LogP) is 10.3. The standard InChI is InChI=1S/C30H22S4/c1-3-11-23(12-4-1)31-25-15-9-17-27(21-25)33-29-19-7-8-20-30(29)34-28-18-10-16-26(22-28)32-24-13-5-2-6-14-24/h1-22H. The van der Waals surface area contributed by atoms with E-state index in [0.717, 1.165) is 0 Å². The van der Waals surface area contributed by atoms with Crippen molar-refractivity contribution in [3.63, 3.8) is 0 Å². The van der Waals surface area contributed by atoms with E-state index >= 15 is 0 Å². The average molecular weight is 511 g/mol. The highest BCUT2D eigenvalue weighted by Gasteiger charge is 2.08. The van der Waals surface area contributed by atoms with Crippen molar-refractivity contribution in [2.24, 2.45) is 0 Å². The van der Waals surface area contributed by atoms with E-state index in [9.17, 15) is 0 Å². The molecule has 0 N–H and O–H groups in total. The fourth-order valence-electron chi connectivity index (χ4n) is 3.32. The molecule has 0 atom stereocenters. The van der Waals surface area contributed by atoms with Crippen molar-refractivity contribution in [3.8, 4) is 0 Å². The predicted molar refractivity (Wildman–Crippen MR) is 149 cm³/mol. The Morgan fingerprint density at radius 1 is 0.265 bits per heavy atom. The third kappa shape index (κ3) is 6.55. The highest BCUT2D eigenvalue weighted by atomic mass is 32.2. The maximum Gasteiger partial charge on any atom is 0.0262 e. The lowest BCUT2D eigenvalue weighted by atomic mass is 10.3. The van der Waals surface area contributed by atoms with Gasteiger partial charge in [-0.3, -0.25) is 0 Å². The highest BCUT2D eigenvalue weighted by molar-refractivity contribution is 8.02. The quantitative estimate of drug-likeness (QED) is 0.203. The van der Waals surface area contributed by atoms with Crippen molar-refractivity contribution in [2.75, 3.05) is 0 Å². The molecule has 0 nitrogen and oxygen atoms in total. The van der Waals surface area contributed by atoms with Crippen LogP contribution in [-0.4, -0.2) is 0 Å². The van der Waals surface area contributed by atoms with Crippen molar-refractivity contribution in [3.05, 3.63) is 133 Å². The van der Waals surface area contributed by atoms with Gasteiger partial charge in [-0.25, -0.2) is 0 Å². The second kappa shape index (κ2) is 11.8. The summed E-state index contributed by atoms with van der Waals surface area (Å²) in [4.78, 5) is 10.1. The molecular formula is C30H22S4. The fraction of sp³-hybridized carbons (Fsp3) is 0. The summed E-state index contributed by atoms with van der Waals surface area (Å²) < 4.78 is 0. The van der Waals surface area contributed by atoms with Gasteiger partial charge in [-0.05, 0) is 72.8 Å². The van der Waals surface area contributed by atoms with Crippen LogP contribution in [0.3, 0.4) is 0 Å². The van der Waals surface area contributed by atoms with E-state index in [4.69, 9.17) is 0 Å². The Morgan fingerprint density at radius 2 is 0.588 bits per heavy atom. The van der Waals surface area contributed by atoms with E-state index < -0.39 is 0 Å². The molecule has 0 aliphatic rings. The molecular weight excluding hydrogens is 489 g/mol. The summed E-state index contributed by atoms with van der Waals surface area (Å²) in [7, 11) is 0. The summed E-state index contributed by atoms with van der Waals surface area (Å²) in [5.41, 5.74) is 0. The van der Waals surface area contributed by atoms with Crippen LogP contribution in [-0.2, 0) is 0 Å². The number of hydrogen-bond donors (Lipinski definition) is 0. The molecule has 0 saturated carbocycles. The number of hydrogen-bond acceptors (Lipinski definition) is 4. The van der Waals surface area contributed by atoms with Gasteiger partial charge in [0, 0.05) is 39.2 Å². The Kier molecular flexibility index (Phi) is 8.05. The lowest BCUT2D eigenvalue weighted by Crippen LogP contribution is -1.82. The third-order valence-corrected chi connectivity index (χ3v) is 9.13. The fourth-order valence-corrected chi connectivity index (χ4v) is 7.32. The van der Waals surface area contributed by atoms with Crippen LogP contribution in [0.5, 0.6) is 0 Å². The summed E-state index contributed by atoms with van der Waals surface area (Å²) in [6.07, 6.45) is 0. The van der Waals surface area contributed by atoms with Crippen LogP contribution in [0.1, 0.15) is 0 Å². The summed E-state index contributed by atoms with van der Waals surface area (Å²) in [5, 5.41) is 0. The Bertz CT molecular complexity index is 1240. The van der Waals surface area contributed by atoms with Gasteiger partial charge in [0.1, 0.15) is 0 Å². The second-order valence-corrected chi connectivity index (χ2v) is 12.0. The molecule has 4 heteroatoms. The van der Waals surface area contributed by atoms with Crippen LogP contribution in [0.15, 0.2) is 173 Å². The topological polar surface area (TPSA) is 0 Å². The van der Waals surface area contributed by atoms with Gasteiger partial charge in [0.15, 0.2) is 0 Å².